The van der Waals surface area contributed by atoms with Crippen molar-refractivity contribution in [2.75, 3.05) is 37.6 Å². The second-order valence-corrected chi connectivity index (χ2v) is 5.90. The minimum absolute atomic E-state index is 0.152. The molecule has 1 aliphatic heterocycles. The number of hydrogen-bond donors (Lipinski definition) is 1. The zero-order valence-corrected chi connectivity index (χ0v) is 13.2. The molecule has 3 rings (SSSR count). The van der Waals surface area contributed by atoms with Gasteiger partial charge in [0.1, 0.15) is 0 Å². The van der Waals surface area contributed by atoms with Crippen molar-refractivity contribution in [3.8, 4) is 0 Å². The molecule has 2 aromatic rings. The molecule has 1 saturated heterocycles. The highest BCUT2D eigenvalue weighted by molar-refractivity contribution is 5.53. The summed E-state index contributed by atoms with van der Waals surface area (Å²) in [6.07, 6.45) is 0.946. The number of hydrogen-bond acceptors (Lipinski definition) is 5. The fourth-order valence-electron chi connectivity index (χ4n) is 2.91. The van der Waals surface area contributed by atoms with Crippen LogP contribution in [0.25, 0.3) is 0 Å². The molecule has 0 unspecified atom stereocenters. The van der Waals surface area contributed by atoms with Crippen LogP contribution in [-0.4, -0.2) is 52.7 Å². The predicted octanol–water partition coefficient (Wildman–Crippen LogP) is 1.99. The Morgan fingerprint density at radius 2 is 2.04 bits per heavy atom. The molecular weight excluding hydrogens is 294 g/mol. The third kappa shape index (κ3) is 3.87. The SMILES string of the molecule is Cc1cc(CCN2CCN(c3cccc([N+](=O)[O-])c3)CC2)n[nH]1. The normalized spacial score (nSPS) is 15.8. The number of benzene rings is 1. The summed E-state index contributed by atoms with van der Waals surface area (Å²) in [5.74, 6) is 0. The van der Waals surface area contributed by atoms with Gasteiger partial charge < -0.3 is 4.90 Å². The van der Waals surface area contributed by atoms with Gasteiger partial charge in [-0.15, -0.1) is 0 Å². The number of nitro benzene ring substituents is 1. The summed E-state index contributed by atoms with van der Waals surface area (Å²) in [5.41, 5.74) is 3.28. The van der Waals surface area contributed by atoms with Crippen LogP contribution in [0.4, 0.5) is 11.4 Å². The number of nitrogens with zero attached hydrogens (tertiary/aromatic N) is 4. The Labute approximate surface area is 135 Å². The second-order valence-electron chi connectivity index (χ2n) is 5.90. The maximum Gasteiger partial charge on any atom is 0.271 e. The Morgan fingerprint density at radius 3 is 2.70 bits per heavy atom. The van der Waals surface area contributed by atoms with E-state index in [0.29, 0.717) is 0 Å². The van der Waals surface area contributed by atoms with E-state index < -0.39 is 0 Å². The minimum Gasteiger partial charge on any atom is -0.369 e. The number of nitrogens with one attached hydrogen (secondary N) is 1. The van der Waals surface area contributed by atoms with E-state index in [0.717, 1.165) is 56.2 Å². The molecule has 1 aliphatic rings. The average molecular weight is 315 g/mol. The molecular formula is C16H21N5O2. The van der Waals surface area contributed by atoms with Gasteiger partial charge >= 0.3 is 0 Å². The summed E-state index contributed by atoms with van der Waals surface area (Å²) in [5, 5.41) is 18.1. The third-order valence-electron chi connectivity index (χ3n) is 4.22. The van der Waals surface area contributed by atoms with Gasteiger partial charge in [0.2, 0.25) is 0 Å². The summed E-state index contributed by atoms with van der Waals surface area (Å²) in [7, 11) is 0. The Balaban J connectivity index is 1.52. The van der Waals surface area contributed by atoms with Gasteiger partial charge in [-0.2, -0.15) is 5.10 Å². The van der Waals surface area contributed by atoms with Crippen LogP contribution in [-0.2, 0) is 6.42 Å². The largest absolute Gasteiger partial charge is 0.369 e. The zero-order chi connectivity index (χ0) is 16.2. The van der Waals surface area contributed by atoms with Gasteiger partial charge in [0.25, 0.3) is 5.69 Å². The Bertz CT molecular complexity index is 677. The lowest BCUT2D eigenvalue weighted by molar-refractivity contribution is -0.384. The molecule has 0 amide bonds. The van der Waals surface area contributed by atoms with Gasteiger partial charge in [-0.25, -0.2) is 0 Å². The van der Waals surface area contributed by atoms with Crippen LogP contribution < -0.4 is 4.90 Å². The topological polar surface area (TPSA) is 78.3 Å². The summed E-state index contributed by atoms with van der Waals surface area (Å²) >= 11 is 0. The fraction of sp³-hybridized carbons (Fsp3) is 0.438. The van der Waals surface area contributed by atoms with Crippen molar-refractivity contribution in [1.82, 2.24) is 15.1 Å². The molecule has 122 valence electrons. The lowest BCUT2D eigenvalue weighted by Crippen LogP contribution is -2.47. The molecule has 23 heavy (non-hydrogen) atoms. The molecule has 0 radical (unpaired) electrons. The van der Waals surface area contributed by atoms with Gasteiger partial charge in [-0.3, -0.25) is 20.1 Å². The Morgan fingerprint density at radius 1 is 1.26 bits per heavy atom. The van der Waals surface area contributed by atoms with E-state index >= 15 is 0 Å². The van der Waals surface area contributed by atoms with E-state index in [1.807, 2.05) is 13.0 Å². The first-order chi connectivity index (χ1) is 11.1. The number of H-pyrrole nitrogens is 1. The van der Waals surface area contributed by atoms with Crippen molar-refractivity contribution in [2.24, 2.45) is 0 Å². The summed E-state index contributed by atoms with van der Waals surface area (Å²) in [6.45, 7) is 6.71. The number of aromatic amines is 1. The van der Waals surface area contributed by atoms with Crippen molar-refractivity contribution >= 4 is 11.4 Å². The highest BCUT2D eigenvalue weighted by atomic mass is 16.6. The van der Waals surface area contributed by atoms with Crippen LogP contribution in [0.2, 0.25) is 0 Å². The van der Waals surface area contributed by atoms with E-state index in [9.17, 15) is 10.1 Å². The van der Waals surface area contributed by atoms with Gasteiger partial charge in [0.15, 0.2) is 0 Å². The van der Waals surface area contributed by atoms with Crippen LogP contribution in [0.3, 0.4) is 0 Å². The van der Waals surface area contributed by atoms with Crippen LogP contribution >= 0.6 is 0 Å². The first kappa shape index (κ1) is 15.5. The monoisotopic (exact) mass is 315 g/mol. The highest BCUT2D eigenvalue weighted by Crippen LogP contribution is 2.22. The molecule has 0 spiro atoms. The summed E-state index contributed by atoms with van der Waals surface area (Å²) < 4.78 is 0. The first-order valence-corrected chi connectivity index (χ1v) is 7.84. The lowest BCUT2D eigenvalue weighted by atomic mass is 10.2. The van der Waals surface area contributed by atoms with Gasteiger partial charge in [0, 0.05) is 62.7 Å². The summed E-state index contributed by atoms with van der Waals surface area (Å²) in [6, 6.07) is 8.96. The van der Waals surface area contributed by atoms with Crippen molar-refractivity contribution < 1.29 is 4.92 Å². The van der Waals surface area contributed by atoms with Crippen LogP contribution in [0.5, 0.6) is 0 Å². The van der Waals surface area contributed by atoms with Crippen LogP contribution in [0.1, 0.15) is 11.4 Å². The molecule has 1 fully saturated rings. The predicted molar refractivity (Wildman–Crippen MR) is 88.8 cm³/mol. The van der Waals surface area contributed by atoms with E-state index in [1.165, 1.54) is 6.07 Å². The number of piperazine rings is 1. The van der Waals surface area contributed by atoms with Gasteiger partial charge in [0.05, 0.1) is 10.6 Å². The molecule has 0 atom stereocenters. The number of nitro groups is 1. The Kier molecular flexibility index (Phi) is 4.57. The van der Waals surface area contributed by atoms with E-state index in [2.05, 4.69) is 26.1 Å². The van der Waals surface area contributed by atoms with E-state index in [-0.39, 0.29) is 10.6 Å². The molecule has 0 saturated carbocycles. The Hall–Kier alpha value is -2.41. The molecule has 7 nitrogen and oxygen atoms in total. The van der Waals surface area contributed by atoms with Gasteiger partial charge in [-0.1, -0.05) is 6.07 Å². The summed E-state index contributed by atoms with van der Waals surface area (Å²) in [4.78, 5) is 15.2. The van der Waals surface area contributed by atoms with Crippen molar-refractivity contribution in [1.29, 1.82) is 0 Å². The smallest absolute Gasteiger partial charge is 0.271 e. The minimum atomic E-state index is -0.342. The maximum atomic E-state index is 10.9. The molecule has 1 aromatic heterocycles. The molecule has 1 N–H and O–H groups in total. The number of aryl methyl sites for hydroxylation is 1. The fourth-order valence-corrected chi connectivity index (χ4v) is 2.91. The second kappa shape index (κ2) is 6.78. The third-order valence-corrected chi connectivity index (χ3v) is 4.22. The van der Waals surface area contributed by atoms with Crippen molar-refractivity contribution in [2.45, 2.75) is 13.3 Å². The van der Waals surface area contributed by atoms with Gasteiger partial charge in [-0.05, 0) is 19.1 Å². The van der Waals surface area contributed by atoms with Crippen molar-refractivity contribution in [3.63, 3.8) is 0 Å². The van der Waals surface area contributed by atoms with Crippen molar-refractivity contribution in [3.05, 3.63) is 51.8 Å². The zero-order valence-electron chi connectivity index (χ0n) is 13.2. The lowest BCUT2D eigenvalue weighted by Gasteiger charge is -2.35. The van der Waals surface area contributed by atoms with E-state index in [1.54, 1.807) is 12.1 Å². The van der Waals surface area contributed by atoms with Crippen LogP contribution in [0, 0.1) is 17.0 Å². The molecule has 7 heteroatoms. The standard InChI is InChI=1S/C16H21N5O2/c1-13-11-14(18-17-13)5-6-19-7-9-20(10-8-19)15-3-2-4-16(12-15)21(22)23/h2-4,11-12H,5-10H2,1H3,(H,17,18). The number of non-ortho nitro benzene ring substituents is 1. The average Bonchev–Trinajstić information content (AvgIpc) is 2.99. The van der Waals surface area contributed by atoms with Crippen LogP contribution in [0.15, 0.2) is 30.3 Å². The highest BCUT2D eigenvalue weighted by Gasteiger charge is 2.18. The number of rotatable bonds is 5. The first-order valence-electron chi connectivity index (χ1n) is 7.84. The molecule has 0 aliphatic carbocycles. The number of anilines is 1. The molecule has 2 heterocycles. The quantitative estimate of drug-likeness (QED) is 0.674. The van der Waals surface area contributed by atoms with E-state index in [4.69, 9.17) is 0 Å². The molecule has 0 bridgehead atoms. The molecule has 1 aromatic carbocycles. The number of aromatic nitrogens is 2. The maximum absolute atomic E-state index is 10.9.